The maximum absolute atomic E-state index is 12.9. The lowest BCUT2D eigenvalue weighted by molar-refractivity contribution is -0.143. The standard InChI is InChI=1S/C12H21F2NO2/c1-3-10(11(16)17-2)15-8-9-4-6-12(13,14)7-5-9/h9-10,15H,3-8H2,1-2H3. The van der Waals surface area contributed by atoms with E-state index in [1.54, 1.807) is 0 Å². The summed E-state index contributed by atoms with van der Waals surface area (Å²) in [6.07, 6.45) is 1.63. The van der Waals surface area contributed by atoms with Crippen LogP contribution < -0.4 is 5.32 Å². The first-order chi connectivity index (χ1) is 7.98. The number of nitrogens with one attached hydrogen (secondary N) is 1. The number of carbonyl (C=O) groups excluding carboxylic acids is 1. The normalized spacial score (nSPS) is 22.1. The fourth-order valence-electron chi connectivity index (χ4n) is 2.15. The van der Waals surface area contributed by atoms with E-state index in [9.17, 15) is 13.6 Å². The fraction of sp³-hybridized carbons (Fsp3) is 0.917. The van der Waals surface area contributed by atoms with Crippen LogP contribution in [0.4, 0.5) is 8.78 Å². The van der Waals surface area contributed by atoms with Gasteiger partial charge in [-0.25, -0.2) is 8.78 Å². The molecule has 1 saturated carbocycles. The molecular formula is C12H21F2NO2. The number of esters is 1. The Bertz CT molecular complexity index is 249. The second-order valence-corrected chi connectivity index (χ2v) is 4.69. The molecule has 0 spiro atoms. The van der Waals surface area contributed by atoms with Gasteiger partial charge in [0.1, 0.15) is 6.04 Å². The number of hydrogen-bond acceptors (Lipinski definition) is 3. The quantitative estimate of drug-likeness (QED) is 0.760. The highest BCUT2D eigenvalue weighted by Crippen LogP contribution is 2.35. The summed E-state index contributed by atoms with van der Waals surface area (Å²) in [7, 11) is 1.35. The molecule has 3 nitrogen and oxygen atoms in total. The van der Waals surface area contributed by atoms with Crippen LogP contribution in [-0.4, -0.2) is 31.6 Å². The molecule has 0 heterocycles. The summed E-state index contributed by atoms with van der Waals surface area (Å²) in [6, 6.07) is -0.317. The summed E-state index contributed by atoms with van der Waals surface area (Å²) in [4.78, 5) is 11.3. The van der Waals surface area contributed by atoms with Crippen molar-refractivity contribution < 1.29 is 18.3 Å². The van der Waals surface area contributed by atoms with Gasteiger partial charge in [-0.3, -0.25) is 4.79 Å². The van der Waals surface area contributed by atoms with Gasteiger partial charge >= 0.3 is 5.97 Å². The summed E-state index contributed by atoms with van der Waals surface area (Å²) < 4.78 is 30.5. The van der Waals surface area contributed by atoms with E-state index in [0.29, 0.717) is 25.8 Å². The Morgan fingerprint density at radius 3 is 2.53 bits per heavy atom. The number of ether oxygens (including phenoxy) is 1. The van der Waals surface area contributed by atoms with Crippen molar-refractivity contribution >= 4 is 5.97 Å². The predicted molar refractivity (Wildman–Crippen MR) is 61.0 cm³/mol. The first-order valence-electron chi connectivity index (χ1n) is 6.17. The van der Waals surface area contributed by atoms with Crippen LogP contribution in [0.5, 0.6) is 0 Å². The molecule has 0 aliphatic heterocycles. The van der Waals surface area contributed by atoms with E-state index in [0.717, 1.165) is 0 Å². The monoisotopic (exact) mass is 249 g/mol. The van der Waals surface area contributed by atoms with Crippen molar-refractivity contribution in [2.45, 2.75) is 51.0 Å². The summed E-state index contributed by atoms with van der Waals surface area (Å²) in [6.45, 7) is 2.51. The molecule has 1 fully saturated rings. The van der Waals surface area contributed by atoms with E-state index in [2.05, 4.69) is 10.1 Å². The molecule has 0 aromatic rings. The van der Waals surface area contributed by atoms with Gasteiger partial charge in [-0.05, 0) is 31.7 Å². The van der Waals surface area contributed by atoms with Crippen molar-refractivity contribution in [1.82, 2.24) is 5.32 Å². The summed E-state index contributed by atoms with van der Waals surface area (Å²) in [5.41, 5.74) is 0. The van der Waals surface area contributed by atoms with Gasteiger partial charge in [0, 0.05) is 12.8 Å². The molecule has 5 heteroatoms. The molecule has 0 radical (unpaired) electrons. The van der Waals surface area contributed by atoms with Gasteiger partial charge in [0.2, 0.25) is 5.92 Å². The van der Waals surface area contributed by atoms with Gasteiger partial charge in [0.15, 0.2) is 0 Å². The highest BCUT2D eigenvalue weighted by Gasteiger charge is 2.34. The van der Waals surface area contributed by atoms with Crippen molar-refractivity contribution in [3.8, 4) is 0 Å². The molecule has 17 heavy (non-hydrogen) atoms. The smallest absolute Gasteiger partial charge is 0.322 e. The first kappa shape index (κ1) is 14.4. The van der Waals surface area contributed by atoms with Crippen LogP contribution in [0.3, 0.4) is 0 Å². The molecule has 1 rings (SSSR count). The highest BCUT2D eigenvalue weighted by atomic mass is 19.3. The zero-order chi connectivity index (χ0) is 12.9. The van der Waals surface area contributed by atoms with Gasteiger partial charge in [-0.1, -0.05) is 6.92 Å². The number of hydrogen-bond donors (Lipinski definition) is 1. The van der Waals surface area contributed by atoms with Crippen LogP contribution in [0, 0.1) is 5.92 Å². The van der Waals surface area contributed by atoms with E-state index in [1.165, 1.54) is 7.11 Å². The van der Waals surface area contributed by atoms with Crippen molar-refractivity contribution in [2.75, 3.05) is 13.7 Å². The van der Waals surface area contributed by atoms with Gasteiger partial charge in [-0.2, -0.15) is 0 Å². The average Bonchev–Trinajstić information content (AvgIpc) is 2.31. The zero-order valence-corrected chi connectivity index (χ0v) is 10.5. The lowest BCUT2D eigenvalue weighted by atomic mass is 9.86. The van der Waals surface area contributed by atoms with Crippen molar-refractivity contribution in [3.63, 3.8) is 0 Å². The van der Waals surface area contributed by atoms with Gasteiger partial charge in [-0.15, -0.1) is 0 Å². The summed E-state index contributed by atoms with van der Waals surface area (Å²) in [5, 5.41) is 3.10. The molecule has 0 aromatic carbocycles. The minimum Gasteiger partial charge on any atom is -0.468 e. The third kappa shape index (κ3) is 4.58. The van der Waals surface area contributed by atoms with Crippen LogP contribution >= 0.6 is 0 Å². The van der Waals surface area contributed by atoms with Crippen LogP contribution in [0.25, 0.3) is 0 Å². The molecule has 100 valence electrons. The lowest BCUT2D eigenvalue weighted by Crippen LogP contribution is -2.41. The predicted octanol–water partition coefficient (Wildman–Crippen LogP) is 2.35. The second-order valence-electron chi connectivity index (χ2n) is 4.69. The molecular weight excluding hydrogens is 228 g/mol. The summed E-state index contributed by atoms with van der Waals surface area (Å²) in [5.74, 6) is -2.52. The molecule has 0 bridgehead atoms. The Hall–Kier alpha value is -0.710. The Balaban J connectivity index is 2.29. The third-order valence-electron chi connectivity index (χ3n) is 3.38. The molecule has 0 saturated heterocycles. The minimum atomic E-state index is -2.48. The Morgan fingerprint density at radius 2 is 2.06 bits per heavy atom. The minimum absolute atomic E-state index is 0.0334. The van der Waals surface area contributed by atoms with Crippen LogP contribution in [0.2, 0.25) is 0 Å². The SMILES string of the molecule is CCC(NCC1CCC(F)(F)CC1)C(=O)OC. The van der Waals surface area contributed by atoms with Crippen molar-refractivity contribution in [1.29, 1.82) is 0 Å². The number of halogens is 2. The van der Waals surface area contributed by atoms with Crippen molar-refractivity contribution in [3.05, 3.63) is 0 Å². The maximum atomic E-state index is 12.9. The Kier molecular flexibility index (Phi) is 5.31. The molecule has 1 aliphatic carbocycles. The maximum Gasteiger partial charge on any atom is 0.322 e. The lowest BCUT2D eigenvalue weighted by Gasteiger charge is -2.29. The highest BCUT2D eigenvalue weighted by molar-refractivity contribution is 5.75. The molecule has 1 atom stereocenters. The van der Waals surface area contributed by atoms with E-state index in [1.807, 2.05) is 6.92 Å². The second kappa shape index (κ2) is 6.28. The van der Waals surface area contributed by atoms with E-state index in [4.69, 9.17) is 0 Å². The number of alkyl halides is 2. The topological polar surface area (TPSA) is 38.3 Å². The molecule has 1 aliphatic rings. The molecule has 0 aromatic heterocycles. The van der Waals surface area contributed by atoms with E-state index < -0.39 is 5.92 Å². The number of rotatable bonds is 5. The third-order valence-corrected chi connectivity index (χ3v) is 3.38. The Morgan fingerprint density at radius 1 is 1.47 bits per heavy atom. The van der Waals surface area contributed by atoms with E-state index in [-0.39, 0.29) is 30.8 Å². The van der Waals surface area contributed by atoms with Gasteiger partial charge in [0.05, 0.1) is 7.11 Å². The number of methoxy groups -OCH3 is 1. The largest absolute Gasteiger partial charge is 0.468 e. The van der Waals surface area contributed by atoms with E-state index >= 15 is 0 Å². The molecule has 1 N–H and O–H groups in total. The van der Waals surface area contributed by atoms with Crippen LogP contribution in [-0.2, 0) is 9.53 Å². The number of carbonyl (C=O) groups is 1. The summed E-state index contributed by atoms with van der Waals surface area (Å²) >= 11 is 0. The zero-order valence-electron chi connectivity index (χ0n) is 10.5. The first-order valence-corrected chi connectivity index (χ1v) is 6.17. The molecule has 0 amide bonds. The van der Waals surface area contributed by atoms with Crippen LogP contribution in [0.15, 0.2) is 0 Å². The fourth-order valence-corrected chi connectivity index (χ4v) is 2.15. The molecule has 1 unspecified atom stereocenters. The van der Waals surface area contributed by atoms with Gasteiger partial charge < -0.3 is 10.1 Å². The average molecular weight is 249 g/mol. The van der Waals surface area contributed by atoms with Crippen molar-refractivity contribution in [2.24, 2.45) is 5.92 Å². The Labute approximate surface area is 101 Å². The van der Waals surface area contributed by atoms with Crippen LogP contribution in [0.1, 0.15) is 39.0 Å². The van der Waals surface area contributed by atoms with Gasteiger partial charge in [0.25, 0.3) is 0 Å².